The first kappa shape index (κ1) is 14.0. The molecule has 0 fully saturated rings. The second-order valence-corrected chi connectivity index (χ2v) is 4.85. The summed E-state index contributed by atoms with van der Waals surface area (Å²) in [5.41, 5.74) is 1.39. The first-order chi connectivity index (χ1) is 9.15. The number of halogens is 2. The standard InChI is InChI=1S/C15H16ClFN2/c1-10(13-8-3-4-9-19-13)15(18-2)14-11(16)6-5-7-12(14)17/h3-10,15,18H,1-2H3. The van der Waals surface area contributed by atoms with Crippen molar-refractivity contribution in [2.24, 2.45) is 0 Å². The van der Waals surface area contributed by atoms with Gasteiger partial charge in [-0.3, -0.25) is 4.98 Å². The Kier molecular flexibility index (Phi) is 4.51. The van der Waals surface area contributed by atoms with E-state index in [1.807, 2.05) is 25.1 Å². The van der Waals surface area contributed by atoms with Gasteiger partial charge in [-0.2, -0.15) is 0 Å². The van der Waals surface area contributed by atoms with E-state index in [0.717, 1.165) is 5.69 Å². The van der Waals surface area contributed by atoms with Crippen LogP contribution in [0.3, 0.4) is 0 Å². The number of likely N-dealkylation sites (N-methyl/N-ethyl adjacent to an activating group) is 1. The summed E-state index contributed by atoms with van der Waals surface area (Å²) in [5.74, 6) is -0.282. The van der Waals surface area contributed by atoms with Gasteiger partial charge in [0.15, 0.2) is 0 Å². The van der Waals surface area contributed by atoms with Gasteiger partial charge in [0.05, 0.1) is 0 Å². The van der Waals surface area contributed by atoms with Crippen molar-refractivity contribution in [1.29, 1.82) is 0 Å². The molecule has 2 atom stereocenters. The third-order valence-corrected chi connectivity index (χ3v) is 3.61. The van der Waals surface area contributed by atoms with Gasteiger partial charge in [0.1, 0.15) is 5.82 Å². The van der Waals surface area contributed by atoms with Crippen LogP contribution in [0.5, 0.6) is 0 Å². The Bertz CT molecular complexity index is 525. The minimum Gasteiger partial charge on any atom is -0.312 e. The molecule has 4 heteroatoms. The Balaban J connectivity index is 2.40. The lowest BCUT2D eigenvalue weighted by atomic mass is 9.91. The van der Waals surface area contributed by atoms with E-state index >= 15 is 0 Å². The molecule has 0 radical (unpaired) electrons. The molecule has 1 aromatic carbocycles. The maximum absolute atomic E-state index is 14.0. The molecule has 2 nitrogen and oxygen atoms in total. The molecule has 0 amide bonds. The second-order valence-electron chi connectivity index (χ2n) is 4.44. The van der Waals surface area contributed by atoms with Crippen LogP contribution in [0.4, 0.5) is 4.39 Å². The number of hydrogen-bond donors (Lipinski definition) is 1. The van der Waals surface area contributed by atoms with Crippen LogP contribution in [0.2, 0.25) is 5.02 Å². The Hall–Kier alpha value is -1.45. The second kappa shape index (κ2) is 6.13. The molecule has 0 bridgehead atoms. The van der Waals surface area contributed by atoms with E-state index in [9.17, 15) is 4.39 Å². The van der Waals surface area contributed by atoms with Crippen molar-refractivity contribution in [3.8, 4) is 0 Å². The van der Waals surface area contributed by atoms with Gasteiger partial charge >= 0.3 is 0 Å². The van der Waals surface area contributed by atoms with Crippen LogP contribution in [0.15, 0.2) is 42.6 Å². The predicted molar refractivity (Wildman–Crippen MR) is 75.9 cm³/mol. The zero-order valence-corrected chi connectivity index (χ0v) is 11.7. The highest BCUT2D eigenvalue weighted by atomic mass is 35.5. The van der Waals surface area contributed by atoms with Crippen molar-refractivity contribution >= 4 is 11.6 Å². The molecule has 1 heterocycles. The summed E-state index contributed by atoms with van der Waals surface area (Å²) >= 11 is 6.13. The molecule has 1 N–H and O–H groups in total. The number of aromatic nitrogens is 1. The first-order valence-corrected chi connectivity index (χ1v) is 6.55. The molecule has 1 aromatic heterocycles. The van der Waals surface area contributed by atoms with Crippen LogP contribution in [0, 0.1) is 5.82 Å². The first-order valence-electron chi connectivity index (χ1n) is 6.17. The van der Waals surface area contributed by atoms with Crippen LogP contribution >= 0.6 is 11.6 Å². The van der Waals surface area contributed by atoms with Crippen molar-refractivity contribution in [1.82, 2.24) is 10.3 Å². The summed E-state index contributed by atoms with van der Waals surface area (Å²) < 4.78 is 14.0. The third kappa shape index (κ3) is 2.94. The molecule has 0 saturated heterocycles. The highest BCUT2D eigenvalue weighted by molar-refractivity contribution is 6.31. The molecule has 0 spiro atoms. The summed E-state index contributed by atoms with van der Waals surface area (Å²) in [6.07, 6.45) is 1.74. The molecule has 19 heavy (non-hydrogen) atoms. The molecular formula is C15H16ClFN2. The molecule has 2 rings (SSSR count). The fraction of sp³-hybridized carbons (Fsp3) is 0.267. The SMILES string of the molecule is CNC(c1c(F)cccc1Cl)C(C)c1ccccn1. The number of rotatable bonds is 4. The van der Waals surface area contributed by atoms with Crippen molar-refractivity contribution in [3.63, 3.8) is 0 Å². The lowest BCUT2D eigenvalue weighted by Gasteiger charge is -2.25. The van der Waals surface area contributed by atoms with Crippen molar-refractivity contribution in [2.75, 3.05) is 7.05 Å². The van der Waals surface area contributed by atoms with Crippen LogP contribution in [0.1, 0.15) is 30.1 Å². The normalized spacial score (nSPS) is 14.1. The molecule has 2 aromatic rings. The number of pyridine rings is 1. The zero-order valence-electron chi connectivity index (χ0n) is 10.9. The summed E-state index contributed by atoms with van der Waals surface area (Å²) in [4.78, 5) is 4.33. The smallest absolute Gasteiger partial charge is 0.129 e. The van der Waals surface area contributed by atoms with Crippen LogP contribution in [-0.4, -0.2) is 12.0 Å². The highest BCUT2D eigenvalue weighted by Gasteiger charge is 2.25. The van der Waals surface area contributed by atoms with Crippen molar-refractivity contribution < 1.29 is 4.39 Å². The van der Waals surface area contributed by atoms with Crippen LogP contribution in [-0.2, 0) is 0 Å². The fourth-order valence-electron chi connectivity index (χ4n) is 2.27. The van der Waals surface area contributed by atoms with E-state index in [1.54, 1.807) is 25.4 Å². The quantitative estimate of drug-likeness (QED) is 0.916. The van der Waals surface area contributed by atoms with E-state index in [4.69, 9.17) is 11.6 Å². The van der Waals surface area contributed by atoms with Gasteiger partial charge in [0.25, 0.3) is 0 Å². The molecule has 0 aliphatic carbocycles. The maximum atomic E-state index is 14.0. The van der Waals surface area contributed by atoms with E-state index < -0.39 is 0 Å². The lowest BCUT2D eigenvalue weighted by Crippen LogP contribution is -2.24. The monoisotopic (exact) mass is 278 g/mol. The van der Waals surface area contributed by atoms with Gasteiger partial charge in [0.2, 0.25) is 0 Å². The average molecular weight is 279 g/mol. The average Bonchev–Trinajstić information content (AvgIpc) is 2.43. The van der Waals surface area contributed by atoms with Gasteiger partial charge in [-0.25, -0.2) is 4.39 Å². The highest BCUT2D eigenvalue weighted by Crippen LogP contribution is 2.34. The maximum Gasteiger partial charge on any atom is 0.129 e. The van der Waals surface area contributed by atoms with E-state index in [1.165, 1.54) is 6.07 Å². The van der Waals surface area contributed by atoms with E-state index in [0.29, 0.717) is 10.6 Å². The van der Waals surface area contributed by atoms with Gasteiger partial charge in [0, 0.05) is 34.4 Å². The number of nitrogens with zero attached hydrogens (tertiary/aromatic N) is 1. The largest absolute Gasteiger partial charge is 0.312 e. The number of benzene rings is 1. The lowest BCUT2D eigenvalue weighted by molar-refractivity contribution is 0.472. The number of nitrogens with one attached hydrogen (secondary N) is 1. The van der Waals surface area contributed by atoms with Crippen LogP contribution < -0.4 is 5.32 Å². The summed E-state index contributed by atoms with van der Waals surface area (Å²) in [5, 5.41) is 3.57. The molecular weight excluding hydrogens is 263 g/mol. The van der Waals surface area contributed by atoms with Gasteiger partial charge in [-0.05, 0) is 31.3 Å². The summed E-state index contributed by atoms with van der Waals surface area (Å²) in [7, 11) is 1.80. The van der Waals surface area contributed by atoms with Gasteiger partial charge < -0.3 is 5.32 Å². The molecule has 0 aliphatic rings. The molecule has 100 valence electrons. The molecule has 2 unspecified atom stereocenters. The Labute approximate surface area is 117 Å². The van der Waals surface area contributed by atoms with E-state index in [2.05, 4.69) is 10.3 Å². The summed E-state index contributed by atoms with van der Waals surface area (Å²) in [6.45, 7) is 2.01. The van der Waals surface area contributed by atoms with Crippen LogP contribution in [0.25, 0.3) is 0 Å². The molecule has 0 saturated carbocycles. The van der Waals surface area contributed by atoms with Crippen molar-refractivity contribution in [2.45, 2.75) is 18.9 Å². The van der Waals surface area contributed by atoms with Gasteiger partial charge in [-0.15, -0.1) is 0 Å². The Morgan fingerprint density at radius 3 is 2.58 bits per heavy atom. The Morgan fingerprint density at radius 1 is 1.21 bits per heavy atom. The number of hydrogen-bond acceptors (Lipinski definition) is 2. The topological polar surface area (TPSA) is 24.9 Å². The summed E-state index contributed by atoms with van der Waals surface area (Å²) in [6, 6.07) is 10.2. The van der Waals surface area contributed by atoms with E-state index in [-0.39, 0.29) is 17.8 Å². The minimum absolute atomic E-state index is 0.0144. The molecule has 0 aliphatic heterocycles. The Morgan fingerprint density at radius 2 is 2.00 bits per heavy atom. The van der Waals surface area contributed by atoms with Crippen molar-refractivity contribution in [3.05, 3.63) is 64.7 Å². The third-order valence-electron chi connectivity index (χ3n) is 3.28. The van der Waals surface area contributed by atoms with Gasteiger partial charge in [-0.1, -0.05) is 30.7 Å². The fourth-order valence-corrected chi connectivity index (χ4v) is 2.55. The predicted octanol–water partition coefficient (Wildman–Crippen LogP) is 3.94. The minimum atomic E-state index is -0.297. The zero-order chi connectivity index (χ0) is 13.8.